The van der Waals surface area contributed by atoms with E-state index in [0.717, 1.165) is 6.42 Å². The van der Waals surface area contributed by atoms with Gasteiger partial charge in [0, 0.05) is 13.1 Å². The summed E-state index contributed by atoms with van der Waals surface area (Å²) in [5.74, 6) is -1.06. The minimum Gasteiger partial charge on any atom is -0.479 e. The number of rotatable bonds is 3. The summed E-state index contributed by atoms with van der Waals surface area (Å²) < 4.78 is 0. The molecule has 0 unspecified atom stereocenters. The summed E-state index contributed by atoms with van der Waals surface area (Å²) in [5, 5.41) is 11.8. The van der Waals surface area contributed by atoms with Gasteiger partial charge in [0.05, 0.1) is 0 Å². The van der Waals surface area contributed by atoms with E-state index >= 15 is 0 Å². The molecule has 0 aromatic heterocycles. The van der Waals surface area contributed by atoms with E-state index in [0.29, 0.717) is 18.7 Å². The third-order valence-electron chi connectivity index (χ3n) is 3.37. The maximum Gasteiger partial charge on any atom is 0.330 e. The monoisotopic (exact) mass is 274 g/mol. The van der Waals surface area contributed by atoms with Crippen molar-refractivity contribution in [3.8, 4) is 0 Å². The Labute approximate surface area is 117 Å². The molecule has 5 heteroatoms. The highest BCUT2D eigenvalue weighted by atomic mass is 16.4. The van der Waals surface area contributed by atoms with E-state index in [1.165, 1.54) is 5.57 Å². The third-order valence-corrected chi connectivity index (χ3v) is 3.37. The standard InChI is InChI=1S/C15H18N2O3/c1-11-7-9-17(10-8-11)15(20)16-13(14(18)19)12-5-3-2-4-6-12/h2-7,13H,8-10H2,1H3,(H,16,20)(H,18,19)/t13-/m1/s1. The number of amides is 2. The van der Waals surface area contributed by atoms with Crippen LogP contribution in [0, 0.1) is 0 Å². The third kappa shape index (κ3) is 3.38. The topological polar surface area (TPSA) is 69.6 Å². The molecule has 1 aromatic carbocycles. The number of benzene rings is 1. The zero-order valence-corrected chi connectivity index (χ0v) is 11.4. The van der Waals surface area contributed by atoms with Crippen LogP contribution >= 0.6 is 0 Å². The average Bonchev–Trinajstić information content (AvgIpc) is 2.46. The molecule has 106 valence electrons. The Hall–Kier alpha value is -2.30. The van der Waals surface area contributed by atoms with E-state index in [9.17, 15) is 14.7 Å². The largest absolute Gasteiger partial charge is 0.479 e. The number of nitrogens with zero attached hydrogens (tertiary/aromatic N) is 1. The van der Waals surface area contributed by atoms with E-state index < -0.39 is 12.0 Å². The molecule has 1 aromatic rings. The van der Waals surface area contributed by atoms with Crippen molar-refractivity contribution in [2.75, 3.05) is 13.1 Å². The van der Waals surface area contributed by atoms with Gasteiger partial charge < -0.3 is 15.3 Å². The van der Waals surface area contributed by atoms with Crippen molar-refractivity contribution in [3.63, 3.8) is 0 Å². The number of urea groups is 1. The molecule has 2 rings (SSSR count). The van der Waals surface area contributed by atoms with E-state index in [1.807, 2.05) is 19.1 Å². The van der Waals surface area contributed by atoms with E-state index in [2.05, 4.69) is 5.32 Å². The van der Waals surface area contributed by atoms with Gasteiger partial charge in [0.1, 0.15) is 0 Å². The lowest BCUT2D eigenvalue weighted by Gasteiger charge is -2.27. The Morgan fingerprint density at radius 1 is 1.30 bits per heavy atom. The van der Waals surface area contributed by atoms with Crippen molar-refractivity contribution < 1.29 is 14.7 Å². The zero-order valence-electron chi connectivity index (χ0n) is 11.4. The van der Waals surface area contributed by atoms with Crippen LogP contribution in [0.5, 0.6) is 0 Å². The zero-order chi connectivity index (χ0) is 14.5. The fraction of sp³-hybridized carbons (Fsp3) is 0.333. The van der Waals surface area contributed by atoms with Crippen molar-refractivity contribution in [2.24, 2.45) is 0 Å². The van der Waals surface area contributed by atoms with Crippen LogP contribution in [0.1, 0.15) is 24.9 Å². The van der Waals surface area contributed by atoms with Crippen LogP contribution in [0.25, 0.3) is 0 Å². The van der Waals surface area contributed by atoms with E-state index in [1.54, 1.807) is 29.2 Å². The molecule has 0 aliphatic carbocycles. The maximum absolute atomic E-state index is 12.1. The predicted molar refractivity (Wildman–Crippen MR) is 75.3 cm³/mol. The Kier molecular flexibility index (Phi) is 4.40. The van der Waals surface area contributed by atoms with Crippen molar-refractivity contribution in [1.29, 1.82) is 0 Å². The highest BCUT2D eigenvalue weighted by molar-refractivity contribution is 5.83. The van der Waals surface area contributed by atoms with Crippen LogP contribution < -0.4 is 5.32 Å². The van der Waals surface area contributed by atoms with Gasteiger partial charge in [0.2, 0.25) is 0 Å². The lowest BCUT2D eigenvalue weighted by Crippen LogP contribution is -2.45. The highest BCUT2D eigenvalue weighted by Gasteiger charge is 2.25. The summed E-state index contributed by atoms with van der Waals surface area (Å²) in [6.07, 6.45) is 2.82. The molecule has 0 saturated heterocycles. The van der Waals surface area contributed by atoms with Crippen LogP contribution in [0.2, 0.25) is 0 Å². The molecule has 5 nitrogen and oxygen atoms in total. The van der Waals surface area contributed by atoms with Gasteiger partial charge in [-0.15, -0.1) is 0 Å². The summed E-state index contributed by atoms with van der Waals surface area (Å²) in [6.45, 7) is 3.17. The minimum absolute atomic E-state index is 0.343. The molecule has 2 N–H and O–H groups in total. The van der Waals surface area contributed by atoms with Gasteiger partial charge in [-0.25, -0.2) is 9.59 Å². The molecular weight excluding hydrogens is 256 g/mol. The first-order chi connectivity index (χ1) is 9.58. The lowest BCUT2D eigenvalue weighted by atomic mass is 10.1. The van der Waals surface area contributed by atoms with Crippen LogP contribution in [0.4, 0.5) is 4.79 Å². The number of aliphatic carboxylic acids is 1. The SMILES string of the molecule is CC1=CCN(C(=O)N[C@@H](C(=O)O)c2ccccc2)CC1. The van der Waals surface area contributed by atoms with Crippen LogP contribution in [-0.2, 0) is 4.79 Å². The Morgan fingerprint density at radius 3 is 2.55 bits per heavy atom. The molecule has 0 spiro atoms. The van der Waals surface area contributed by atoms with Crippen molar-refractivity contribution in [3.05, 3.63) is 47.5 Å². The number of hydrogen-bond acceptors (Lipinski definition) is 2. The predicted octanol–water partition coefficient (Wildman–Crippen LogP) is 2.17. The number of carboxylic acid groups (broad SMARTS) is 1. The molecule has 0 saturated carbocycles. The first kappa shape index (κ1) is 14.1. The number of carbonyl (C=O) groups is 2. The van der Waals surface area contributed by atoms with Gasteiger partial charge >= 0.3 is 12.0 Å². The van der Waals surface area contributed by atoms with Crippen molar-refractivity contribution in [2.45, 2.75) is 19.4 Å². The quantitative estimate of drug-likeness (QED) is 0.830. The number of carbonyl (C=O) groups excluding carboxylic acids is 1. The van der Waals surface area contributed by atoms with Crippen molar-refractivity contribution >= 4 is 12.0 Å². The smallest absolute Gasteiger partial charge is 0.330 e. The normalized spacial score (nSPS) is 16.2. The first-order valence-corrected chi connectivity index (χ1v) is 6.57. The number of carboxylic acids is 1. The van der Waals surface area contributed by atoms with Crippen LogP contribution in [0.15, 0.2) is 42.0 Å². The van der Waals surface area contributed by atoms with Gasteiger partial charge in [0.25, 0.3) is 0 Å². The molecule has 1 heterocycles. The Bertz CT molecular complexity index is 525. The summed E-state index contributed by atoms with van der Waals surface area (Å²) in [4.78, 5) is 25.1. The highest BCUT2D eigenvalue weighted by Crippen LogP contribution is 2.15. The molecule has 1 aliphatic heterocycles. The number of hydrogen-bond donors (Lipinski definition) is 2. The second kappa shape index (κ2) is 6.23. The maximum atomic E-state index is 12.1. The number of nitrogens with one attached hydrogen (secondary N) is 1. The summed E-state index contributed by atoms with van der Waals surface area (Å²) >= 11 is 0. The molecule has 0 fully saturated rings. The first-order valence-electron chi connectivity index (χ1n) is 6.57. The molecule has 1 atom stereocenters. The molecular formula is C15H18N2O3. The molecule has 0 radical (unpaired) electrons. The molecule has 2 amide bonds. The second-order valence-electron chi connectivity index (χ2n) is 4.88. The van der Waals surface area contributed by atoms with Gasteiger partial charge in [-0.1, -0.05) is 42.0 Å². The van der Waals surface area contributed by atoms with Crippen molar-refractivity contribution in [1.82, 2.24) is 10.2 Å². The van der Waals surface area contributed by atoms with Gasteiger partial charge in [-0.3, -0.25) is 0 Å². The average molecular weight is 274 g/mol. The molecule has 0 bridgehead atoms. The van der Waals surface area contributed by atoms with Gasteiger partial charge in [0.15, 0.2) is 6.04 Å². The fourth-order valence-corrected chi connectivity index (χ4v) is 2.10. The van der Waals surface area contributed by atoms with Crippen LogP contribution in [-0.4, -0.2) is 35.1 Å². The van der Waals surface area contributed by atoms with Gasteiger partial charge in [-0.2, -0.15) is 0 Å². The lowest BCUT2D eigenvalue weighted by molar-refractivity contribution is -0.139. The minimum atomic E-state index is -1.06. The van der Waals surface area contributed by atoms with E-state index in [4.69, 9.17) is 0 Å². The van der Waals surface area contributed by atoms with Crippen LogP contribution in [0.3, 0.4) is 0 Å². The van der Waals surface area contributed by atoms with E-state index in [-0.39, 0.29) is 6.03 Å². The second-order valence-corrected chi connectivity index (χ2v) is 4.88. The summed E-state index contributed by atoms with van der Waals surface area (Å²) in [5.41, 5.74) is 1.82. The summed E-state index contributed by atoms with van der Waals surface area (Å²) in [7, 11) is 0. The molecule has 1 aliphatic rings. The Morgan fingerprint density at radius 2 is 2.00 bits per heavy atom. The summed E-state index contributed by atoms with van der Waals surface area (Å²) in [6, 6.07) is 7.34. The van der Waals surface area contributed by atoms with Gasteiger partial charge in [-0.05, 0) is 18.9 Å². The molecule has 20 heavy (non-hydrogen) atoms. The Balaban J connectivity index is 2.06. The fourth-order valence-electron chi connectivity index (χ4n) is 2.10.